The first-order chi connectivity index (χ1) is 10.5. The maximum Gasteiger partial charge on any atom is 0.255 e. The van der Waals surface area contributed by atoms with Crippen LogP contribution in [-0.2, 0) is 20.9 Å². The summed E-state index contributed by atoms with van der Waals surface area (Å²) < 4.78 is 0. The molecule has 0 radical (unpaired) electrons. The Morgan fingerprint density at radius 1 is 1.32 bits per heavy atom. The van der Waals surface area contributed by atoms with Crippen LogP contribution >= 0.6 is 0 Å². The van der Waals surface area contributed by atoms with Crippen molar-refractivity contribution in [3.05, 3.63) is 29.3 Å². The zero-order chi connectivity index (χ0) is 15.9. The van der Waals surface area contributed by atoms with Crippen LogP contribution in [0.5, 0.6) is 0 Å². The van der Waals surface area contributed by atoms with E-state index in [1.54, 1.807) is 18.2 Å². The van der Waals surface area contributed by atoms with E-state index < -0.39 is 11.9 Å². The van der Waals surface area contributed by atoms with Crippen LogP contribution in [0.25, 0.3) is 0 Å². The van der Waals surface area contributed by atoms with Crippen molar-refractivity contribution in [3.63, 3.8) is 0 Å². The van der Waals surface area contributed by atoms with Crippen LogP contribution in [0.2, 0.25) is 0 Å². The molecule has 1 atom stereocenters. The standard InChI is InChI=1S/C15H15N3O4/c1-8(19)16-10-2-3-11-9(6-10)7-18(15(11)22)12-4-5-13(20)17-14(12)21/h2-3,6,12H,4-5,7H2,1H3,(H,16,19)(H,17,20,21). The number of nitrogens with one attached hydrogen (secondary N) is 2. The molecule has 2 aliphatic rings. The average Bonchev–Trinajstić information content (AvgIpc) is 2.75. The topological polar surface area (TPSA) is 95.6 Å². The molecular weight excluding hydrogens is 286 g/mol. The molecule has 2 heterocycles. The van der Waals surface area contributed by atoms with E-state index >= 15 is 0 Å². The van der Waals surface area contributed by atoms with Crippen LogP contribution < -0.4 is 10.6 Å². The van der Waals surface area contributed by atoms with Gasteiger partial charge in [0.2, 0.25) is 17.7 Å². The minimum absolute atomic E-state index is 0.189. The second-order valence-corrected chi connectivity index (χ2v) is 5.45. The lowest BCUT2D eigenvalue weighted by molar-refractivity contribution is -0.136. The number of hydrogen-bond acceptors (Lipinski definition) is 4. The van der Waals surface area contributed by atoms with Crippen molar-refractivity contribution in [1.29, 1.82) is 0 Å². The summed E-state index contributed by atoms with van der Waals surface area (Å²) in [4.78, 5) is 48.1. The largest absolute Gasteiger partial charge is 0.326 e. The minimum atomic E-state index is -0.623. The van der Waals surface area contributed by atoms with Gasteiger partial charge in [-0.05, 0) is 30.2 Å². The van der Waals surface area contributed by atoms with Crippen molar-refractivity contribution in [3.8, 4) is 0 Å². The Kier molecular flexibility index (Phi) is 3.40. The first-order valence-electron chi connectivity index (χ1n) is 7.01. The van der Waals surface area contributed by atoms with E-state index in [1.807, 2.05) is 0 Å². The summed E-state index contributed by atoms with van der Waals surface area (Å²) in [7, 11) is 0. The molecule has 0 bridgehead atoms. The van der Waals surface area contributed by atoms with Crippen LogP contribution in [0.4, 0.5) is 5.69 Å². The molecule has 7 heteroatoms. The van der Waals surface area contributed by atoms with Gasteiger partial charge >= 0.3 is 0 Å². The van der Waals surface area contributed by atoms with Gasteiger partial charge in [0.05, 0.1) is 0 Å². The van der Waals surface area contributed by atoms with Gasteiger partial charge in [-0.15, -0.1) is 0 Å². The number of rotatable bonds is 2. The summed E-state index contributed by atoms with van der Waals surface area (Å²) >= 11 is 0. The molecule has 3 rings (SSSR count). The number of piperidine rings is 1. The smallest absolute Gasteiger partial charge is 0.255 e. The van der Waals surface area contributed by atoms with E-state index in [0.717, 1.165) is 5.56 Å². The molecule has 1 saturated heterocycles. The lowest BCUT2D eigenvalue weighted by atomic mass is 10.0. The summed E-state index contributed by atoms with van der Waals surface area (Å²) in [5.41, 5.74) is 1.91. The van der Waals surface area contributed by atoms with Gasteiger partial charge < -0.3 is 10.2 Å². The van der Waals surface area contributed by atoms with Crippen molar-refractivity contribution in [2.24, 2.45) is 0 Å². The Labute approximate surface area is 126 Å². The third-order valence-corrected chi connectivity index (χ3v) is 3.84. The first kappa shape index (κ1) is 14.2. The van der Waals surface area contributed by atoms with Crippen molar-refractivity contribution in [2.75, 3.05) is 5.32 Å². The van der Waals surface area contributed by atoms with Gasteiger partial charge in [-0.2, -0.15) is 0 Å². The molecule has 0 aliphatic carbocycles. The second kappa shape index (κ2) is 5.25. The summed E-state index contributed by atoms with van der Waals surface area (Å²) in [5, 5.41) is 4.93. The number of carbonyl (C=O) groups excluding carboxylic acids is 4. The van der Waals surface area contributed by atoms with Gasteiger partial charge in [0.15, 0.2) is 0 Å². The Hall–Kier alpha value is -2.70. The highest BCUT2D eigenvalue weighted by atomic mass is 16.2. The zero-order valence-electron chi connectivity index (χ0n) is 12.0. The number of imide groups is 1. The Morgan fingerprint density at radius 3 is 2.77 bits per heavy atom. The molecule has 0 aromatic heterocycles. The van der Waals surface area contributed by atoms with Crippen molar-refractivity contribution in [2.45, 2.75) is 32.4 Å². The molecule has 22 heavy (non-hydrogen) atoms. The Bertz CT molecular complexity index is 698. The average molecular weight is 301 g/mol. The molecule has 2 N–H and O–H groups in total. The van der Waals surface area contributed by atoms with E-state index in [9.17, 15) is 19.2 Å². The fraction of sp³-hybridized carbons (Fsp3) is 0.333. The van der Waals surface area contributed by atoms with E-state index in [-0.39, 0.29) is 24.1 Å². The molecular formula is C15H15N3O4. The Morgan fingerprint density at radius 2 is 2.09 bits per heavy atom. The minimum Gasteiger partial charge on any atom is -0.326 e. The highest BCUT2D eigenvalue weighted by Crippen LogP contribution is 2.29. The predicted octanol–water partition coefficient (Wildman–Crippen LogP) is 0.406. The van der Waals surface area contributed by atoms with Gasteiger partial charge in [-0.3, -0.25) is 24.5 Å². The SMILES string of the molecule is CC(=O)Nc1ccc2c(c1)CN(C1CCC(=O)NC1=O)C2=O. The monoisotopic (exact) mass is 301 g/mol. The summed E-state index contributed by atoms with van der Waals surface area (Å²) in [5.74, 6) is -1.15. The van der Waals surface area contributed by atoms with Gasteiger partial charge in [-0.1, -0.05) is 0 Å². The fourth-order valence-corrected chi connectivity index (χ4v) is 2.86. The molecule has 7 nitrogen and oxygen atoms in total. The summed E-state index contributed by atoms with van der Waals surface area (Å²) in [6, 6.07) is 4.42. The second-order valence-electron chi connectivity index (χ2n) is 5.45. The van der Waals surface area contributed by atoms with Crippen LogP contribution in [-0.4, -0.2) is 34.6 Å². The van der Waals surface area contributed by atoms with Crippen molar-refractivity contribution in [1.82, 2.24) is 10.2 Å². The third kappa shape index (κ3) is 2.45. The van der Waals surface area contributed by atoms with Crippen LogP contribution in [0.15, 0.2) is 18.2 Å². The quantitative estimate of drug-likeness (QED) is 0.773. The molecule has 1 fully saturated rings. The highest BCUT2D eigenvalue weighted by Gasteiger charge is 2.39. The first-order valence-corrected chi connectivity index (χ1v) is 7.01. The number of nitrogens with zero attached hydrogens (tertiary/aromatic N) is 1. The van der Waals surface area contributed by atoms with Crippen LogP contribution in [0, 0.1) is 0 Å². The molecule has 4 amide bonds. The lowest BCUT2D eigenvalue weighted by Gasteiger charge is -2.29. The van der Waals surface area contributed by atoms with Gasteiger partial charge in [-0.25, -0.2) is 0 Å². The highest BCUT2D eigenvalue weighted by molar-refractivity contribution is 6.05. The number of hydrogen-bond donors (Lipinski definition) is 2. The third-order valence-electron chi connectivity index (χ3n) is 3.84. The summed E-state index contributed by atoms with van der Waals surface area (Å²) in [6.07, 6.45) is 0.566. The Balaban J connectivity index is 1.83. The van der Waals surface area contributed by atoms with E-state index in [0.29, 0.717) is 24.2 Å². The van der Waals surface area contributed by atoms with Crippen molar-refractivity contribution >= 4 is 29.3 Å². The van der Waals surface area contributed by atoms with E-state index in [2.05, 4.69) is 10.6 Å². The maximum absolute atomic E-state index is 12.4. The molecule has 0 saturated carbocycles. The normalized spacial score (nSPS) is 20.7. The van der Waals surface area contributed by atoms with Gasteiger partial charge in [0.1, 0.15) is 6.04 Å². The molecule has 2 aliphatic heterocycles. The fourth-order valence-electron chi connectivity index (χ4n) is 2.86. The number of anilines is 1. The molecule has 1 aromatic carbocycles. The summed E-state index contributed by atoms with van der Waals surface area (Å²) in [6.45, 7) is 1.71. The molecule has 0 spiro atoms. The molecule has 1 unspecified atom stereocenters. The number of amides is 4. The van der Waals surface area contributed by atoms with Crippen molar-refractivity contribution < 1.29 is 19.2 Å². The lowest BCUT2D eigenvalue weighted by Crippen LogP contribution is -2.52. The molecule has 1 aromatic rings. The van der Waals surface area contributed by atoms with Crippen LogP contribution in [0.3, 0.4) is 0 Å². The van der Waals surface area contributed by atoms with E-state index in [4.69, 9.17) is 0 Å². The predicted molar refractivity (Wildman–Crippen MR) is 76.8 cm³/mol. The maximum atomic E-state index is 12.4. The van der Waals surface area contributed by atoms with Gasteiger partial charge in [0.25, 0.3) is 5.91 Å². The molecule has 114 valence electrons. The van der Waals surface area contributed by atoms with E-state index in [1.165, 1.54) is 11.8 Å². The number of fused-ring (bicyclic) bond motifs is 1. The van der Waals surface area contributed by atoms with Crippen LogP contribution in [0.1, 0.15) is 35.7 Å². The van der Waals surface area contributed by atoms with Gasteiger partial charge in [0, 0.05) is 31.1 Å². The zero-order valence-corrected chi connectivity index (χ0v) is 12.0. The number of benzene rings is 1. The number of carbonyl (C=O) groups is 4.